The number of benzene rings is 1. The first-order chi connectivity index (χ1) is 6.85. The van der Waals surface area contributed by atoms with Gasteiger partial charge in [-0.2, -0.15) is 0 Å². The normalized spacial score (nSPS) is 7.79. The van der Waals surface area contributed by atoms with Crippen molar-refractivity contribution in [1.29, 1.82) is 0 Å². The van der Waals surface area contributed by atoms with Crippen LogP contribution in [-0.2, 0) is 6.42 Å². The highest BCUT2D eigenvalue weighted by Gasteiger charge is 1.84. The average Bonchev–Trinajstić information content (AvgIpc) is 2.24. The van der Waals surface area contributed by atoms with Crippen LogP contribution in [0.3, 0.4) is 0 Å². The van der Waals surface area contributed by atoms with Crippen LogP contribution in [0.1, 0.15) is 53.0 Å². The Morgan fingerprint density at radius 3 is 1.64 bits per heavy atom. The summed E-state index contributed by atoms with van der Waals surface area (Å²) in [5.74, 6) is 0. The van der Waals surface area contributed by atoms with E-state index < -0.39 is 0 Å². The lowest BCUT2D eigenvalue weighted by Gasteiger charge is -1.93. The van der Waals surface area contributed by atoms with Crippen LogP contribution in [0.15, 0.2) is 30.3 Å². The van der Waals surface area contributed by atoms with E-state index in [4.69, 9.17) is 0 Å². The lowest BCUT2D eigenvalue weighted by molar-refractivity contribution is 0.922. The highest BCUT2D eigenvalue weighted by molar-refractivity contribution is 5.14. The zero-order chi connectivity index (χ0) is 11.2. The third kappa shape index (κ3) is 11.2. The maximum atomic E-state index is 2.20. The second-order valence-corrected chi connectivity index (χ2v) is 2.94. The van der Waals surface area contributed by atoms with Gasteiger partial charge in [0, 0.05) is 0 Å². The Morgan fingerprint density at radius 1 is 0.857 bits per heavy atom. The second kappa shape index (κ2) is 14.7. The molecule has 0 aliphatic carbocycles. The predicted octanol–water partition coefficient (Wildman–Crippen LogP) is 5.08. The highest BCUT2D eigenvalue weighted by Crippen LogP contribution is 2.00. The van der Waals surface area contributed by atoms with E-state index in [9.17, 15) is 0 Å². The summed E-state index contributed by atoms with van der Waals surface area (Å²) in [6.45, 7) is 10.5. The Morgan fingerprint density at radius 2 is 1.29 bits per heavy atom. The van der Waals surface area contributed by atoms with E-state index in [0.717, 1.165) is 0 Å². The number of aryl methyl sites for hydroxylation is 1. The molecule has 0 heteroatoms. The zero-order valence-electron chi connectivity index (χ0n) is 10.5. The molecule has 1 rings (SSSR count). The Hall–Kier alpha value is -0.780. The summed E-state index contributed by atoms with van der Waals surface area (Å²) in [6, 6.07) is 10.6. The minimum absolute atomic E-state index is 1.21. The molecule has 14 heavy (non-hydrogen) atoms. The van der Waals surface area contributed by atoms with Crippen molar-refractivity contribution < 1.29 is 0 Å². The summed E-state index contributed by atoms with van der Waals surface area (Å²) >= 11 is 0. The van der Waals surface area contributed by atoms with Crippen LogP contribution in [0.25, 0.3) is 0 Å². The van der Waals surface area contributed by atoms with E-state index in [-0.39, 0.29) is 0 Å². The molecule has 0 saturated carbocycles. The fourth-order valence-electron chi connectivity index (χ4n) is 0.933. The largest absolute Gasteiger partial charge is 0.0683 e. The molecule has 0 radical (unpaired) electrons. The van der Waals surface area contributed by atoms with Gasteiger partial charge >= 0.3 is 0 Å². The van der Waals surface area contributed by atoms with Gasteiger partial charge in [0.2, 0.25) is 0 Å². The van der Waals surface area contributed by atoms with Gasteiger partial charge in [-0.15, -0.1) is 0 Å². The standard InChI is InChI=1S/C9H12.C3H8.C2H6/c1-2-6-9-7-4-3-5-8-9;1-3-2;1-2/h3-5,7-8H,2,6H2,1H3;3H2,1-2H3;1-2H3. The van der Waals surface area contributed by atoms with Crippen molar-refractivity contribution in [1.82, 2.24) is 0 Å². The Bertz CT molecular complexity index is 165. The van der Waals surface area contributed by atoms with Gasteiger partial charge in [0.05, 0.1) is 0 Å². The van der Waals surface area contributed by atoms with E-state index >= 15 is 0 Å². The van der Waals surface area contributed by atoms with Crippen molar-refractivity contribution in [3.63, 3.8) is 0 Å². The molecule has 0 heterocycles. The minimum Gasteiger partial charge on any atom is -0.0683 e. The Labute approximate surface area is 90.4 Å². The first-order valence-electron chi connectivity index (χ1n) is 5.89. The maximum absolute atomic E-state index is 2.20. The van der Waals surface area contributed by atoms with Gasteiger partial charge in [0.25, 0.3) is 0 Å². The number of hydrogen-bond donors (Lipinski definition) is 0. The van der Waals surface area contributed by atoms with Crippen molar-refractivity contribution in [2.75, 3.05) is 0 Å². The van der Waals surface area contributed by atoms with Crippen LogP contribution in [0.4, 0.5) is 0 Å². The molecule has 0 nitrogen and oxygen atoms in total. The van der Waals surface area contributed by atoms with Crippen molar-refractivity contribution >= 4 is 0 Å². The second-order valence-electron chi connectivity index (χ2n) is 2.94. The van der Waals surface area contributed by atoms with Gasteiger partial charge < -0.3 is 0 Å². The van der Waals surface area contributed by atoms with Crippen LogP contribution in [-0.4, -0.2) is 0 Å². The third-order valence-corrected chi connectivity index (χ3v) is 1.38. The molecule has 0 atom stereocenters. The van der Waals surface area contributed by atoms with Gasteiger partial charge in [0.1, 0.15) is 0 Å². The van der Waals surface area contributed by atoms with Gasteiger partial charge in [-0.25, -0.2) is 0 Å². The first kappa shape index (κ1) is 15.7. The monoisotopic (exact) mass is 194 g/mol. The maximum Gasteiger partial charge on any atom is -0.0281 e. The molecule has 82 valence electrons. The SMILES string of the molecule is CC.CCC.CCCc1ccccc1. The van der Waals surface area contributed by atoms with Gasteiger partial charge in [0.15, 0.2) is 0 Å². The summed E-state index contributed by atoms with van der Waals surface area (Å²) in [5, 5.41) is 0. The Balaban J connectivity index is 0. The van der Waals surface area contributed by atoms with Gasteiger partial charge in [-0.3, -0.25) is 0 Å². The van der Waals surface area contributed by atoms with Crippen LogP contribution < -0.4 is 0 Å². The van der Waals surface area contributed by atoms with Crippen LogP contribution in [0.5, 0.6) is 0 Å². The van der Waals surface area contributed by atoms with Crippen LogP contribution in [0.2, 0.25) is 0 Å². The molecular weight excluding hydrogens is 168 g/mol. The van der Waals surface area contributed by atoms with E-state index in [1.54, 1.807) is 0 Å². The molecule has 0 aliphatic heterocycles. The average molecular weight is 194 g/mol. The molecule has 0 spiro atoms. The summed E-state index contributed by atoms with van der Waals surface area (Å²) in [5.41, 5.74) is 1.44. The van der Waals surface area contributed by atoms with Gasteiger partial charge in [-0.05, 0) is 12.0 Å². The number of rotatable bonds is 2. The van der Waals surface area contributed by atoms with E-state index in [1.807, 2.05) is 13.8 Å². The lowest BCUT2D eigenvalue weighted by Crippen LogP contribution is -1.78. The molecule has 1 aromatic rings. The predicted molar refractivity (Wildman–Crippen MR) is 67.8 cm³/mol. The molecule has 0 aliphatic rings. The molecule has 0 N–H and O–H groups in total. The summed E-state index contributed by atoms with van der Waals surface area (Å²) in [4.78, 5) is 0. The van der Waals surface area contributed by atoms with Crippen molar-refractivity contribution in [2.45, 2.75) is 53.9 Å². The third-order valence-electron chi connectivity index (χ3n) is 1.38. The number of hydrogen-bond acceptors (Lipinski definition) is 0. The summed E-state index contributed by atoms with van der Waals surface area (Å²) < 4.78 is 0. The molecule has 0 amide bonds. The van der Waals surface area contributed by atoms with Crippen molar-refractivity contribution in [3.05, 3.63) is 35.9 Å². The molecule has 0 aromatic heterocycles. The fourth-order valence-corrected chi connectivity index (χ4v) is 0.933. The van der Waals surface area contributed by atoms with Crippen LogP contribution in [0, 0.1) is 0 Å². The van der Waals surface area contributed by atoms with Crippen LogP contribution >= 0.6 is 0 Å². The van der Waals surface area contributed by atoms with Crippen molar-refractivity contribution in [3.8, 4) is 0 Å². The first-order valence-corrected chi connectivity index (χ1v) is 5.89. The molecule has 0 unspecified atom stereocenters. The molecule has 0 bridgehead atoms. The van der Waals surface area contributed by atoms with E-state index in [2.05, 4.69) is 51.1 Å². The molecular formula is C14H26. The quantitative estimate of drug-likeness (QED) is 0.615. The van der Waals surface area contributed by atoms with E-state index in [0.29, 0.717) is 0 Å². The highest BCUT2D eigenvalue weighted by atomic mass is 13.9. The minimum atomic E-state index is 1.21. The van der Waals surface area contributed by atoms with Gasteiger partial charge in [-0.1, -0.05) is 77.8 Å². The molecule has 0 fully saturated rings. The zero-order valence-corrected chi connectivity index (χ0v) is 10.5. The van der Waals surface area contributed by atoms with Crippen molar-refractivity contribution in [2.24, 2.45) is 0 Å². The molecule has 1 aromatic carbocycles. The lowest BCUT2D eigenvalue weighted by atomic mass is 10.1. The Kier molecular flexibility index (Phi) is 16.5. The smallest absolute Gasteiger partial charge is 0.0281 e. The topological polar surface area (TPSA) is 0 Å². The molecule has 0 saturated heterocycles. The summed E-state index contributed by atoms with van der Waals surface area (Å²) in [7, 11) is 0. The van der Waals surface area contributed by atoms with E-state index in [1.165, 1.54) is 24.8 Å². The summed E-state index contributed by atoms with van der Waals surface area (Å²) in [6.07, 6.45) is 3.70. The fraction of sp³-hybridized carbons (Fsp3) is 0.571.